The SMILES string of the molecule is N=C(N)Cn1cc(-c2ccc(I)cc2)cn1. The summed E-state index contributed by atoms with van der Waals surface area (Å²) < 4.78 is 2.87. The molecule has 5 heteroatoms. The maximum absolute atomic E-state index is 7.19. The number of aromatic nitrogens is 2. The summed E-state index contributed by atoms with van der Waals surface area (Å²) in [6, 6.07) is 8.21. The van der Waals surface area contributed by atoms with Crippen molar-refractivity contribution in [3.05, 3.63) is 40.2 Å². The maximum Gasteiger partial charge on any atom is 0.113 e. The zero-order chi connectivity index (χ0) is 11.5. The summed E-state index contributed by atoms with van der Waals surface area (Å²) in [6.45, 7) is 0.338. The van der Waals surface area contributed by atoms with Gasteiger partial charge in [0.1, 0.15) is 5.84 Å². The molecule has 2 aromatic rings. The summed E-state index contributed by atoms with van der Waals surface area (Å²) in [4.78, 5) is 0. The first-order valence-electron chi connectivity index (χ1n) is 4.76. The van der Waals surface area contributed by atoms with Crippen LogP contribution in [0.1, 0.15) is 0 Å². The number of halogens is 1. The van der Waals surface area contributed by atoms with Gasteiger partial charge in [0.25, 0.3) is 0 Å². The van der Waals surface area contributed by atoms with E-state index in [0.29, 0.717) is 6.54 Å². The van der Waals surface area contributed by atoms with Gasteiger partial charge in [0.2, 0.25) is 0 Å². The van der Waals surface area contributed by atoms with Crippen molar-refractivity contribution in [3.8, 4) is 11.1 Å². The first-order chi connectivity index (χ1) is 7.65. The van der Waals surface area contributed by atoms with Crippen molar-refractivity contribution in [3.63, 3.8) is 0 Å². The number of nitrogens with one attached hydrogen (secondary N) is 1. The van der Waals surface area contributed by atoms with Crippen molar-refractivity contribution in [2.75, 3.05) is 0 Å². The van der Waals surface area contributed by atoms with Crippen LogP contribution in [-0.2, 0) is 6.54 Å². The summed E-state index contributed by atoms with van der Waals surface area (Å²) in [7, 11) is 0. The Balaban J connectivity index is 2.24. The molecule has 0 spiro atoms. The van der Waals surface area contributed by atoms with Gasteiger partial charge in [-0.25, -0.2) is 0 Å². The smallest absolute Gasteiger partial charge is 0.113 e. The monoisotopic (exact) mass is 326 g/mol. The first kappa shape index (κ1) is 11.1. The minimum Gasteiger partial charge on any atom is -0.386 e. The highest BCUT2D eigenvalue weighted by Gasteiger charge is 2.02. The van der Waals surface area contributed by atoms with Crippen LogP contribution >= 0.6 is 22.6 Å². The van der Waals surface area contributed by atoms with Crippen LogP contribution in [0.5, 0.6) is 0 Å². The summed E-state index contributed by atoms with van der Waals surface area (Å²) in [6.07, 6.45) is 3.68. The predicted molar refractivity (Wildman–Crippen MR) is 72.3 cm³/mol. The second kappa shape index (κ2) is 4.65. The second-order valence-corrected chi connectivity index (χ2v) is 4.70. The fourth-order valence-corrected chi connectivity index (χ4v) is 1.78. The van der Waals surface area contributed by atoms with Crippen LogP contribution in [0.2, 0.25) is 0 Å². The van der Waals surface area contributed by atoms with Crippen molar-refractivity contribution >= 4 is 28.4 Å². The van der Waals surface area contributed by atoms with Crippen LogP contribution in [0.15, 0.2) is 36.7 Å². The molecule has 0 radical (unpaired) electrons. The van der Waals surface area contributed by atoms with Crippen LogP contribution in [0.3, 0.4) is 0 Å². The van der Waals surface area contributed by atoms with Gasteiger partial charge in [0.15, 0.2) is 0 Å². The van der Waals surface area contributed by atoms with E-state index in [2.05, 4.69) is 52.0 Å². The molecule has 0 atom stereocenters. The zero-order valence-electron chi connectivity index (χ0n) is 8.52. The van der Waals surface area contributed by atoms with Crippen molar-refractivity contribution in [1.29, 1.82) is 5.41 Å². The zero-order valence-corrected chi connectivity index (χ0v) is 10.7. The quantitative estimate of drug-likeness (QED) is 0.515. The third-order valence-electron chi connectivity index (χ3n) is 2.14. The molecular formula is C11H11IN4. The Kier molecular flexibility index (Phi) is 3.23. The summed E-state index contributed by atoms with van der Waals surface area (Å²) in [5, 5.41) is 11.3. The van der Waals surface area contributed by atoms with E-state index in [1.807, 2.05) is 6.20 Å². The Morgan fingerprint density at radius 1 is 1.31 bits per heavy atom. The molecule has 0 aliphatic heterocycles. The highest BCUT2D eigenvalue weighted by molar-refractivity contribution is 14.1. The molecule has 0 amide bonds. The molecule has 82 valence electrons. The van der Waals surface area contributed by atoms with Gasteiger partial charge in [-0.3, -0.25) is 10.1 Å². The van der Waals surface area contributed by atoms with Crippen LogP contribution in [-0.4, -0.2) is 15.6 Å². The number of amidine groups is 1. The van der Waals surface area contributed by atoms with E-state index in [4.69, 9.17) is 11.1 Å². The molecular weight excluding hydrogens is 315 g/mol. The fourth-order valence-electron chi connectivity index (χ4n) is 1.42. The van der Waals surface area contributed by atoms with Gasteiger partial charge in [-0.2, -0.15) is 5.10 Å². The van der Waals surface area contributed by atoms with Crippen LogP contribution in [0.25, 0.3) is 11.1 Å². The number of benzene rings is 1. The van der Waals surface area contributed by atoms with Gasteiger partial charge < -0.3 is 5.73 Å². The van der Waals surface area contributed by atoms with E-state index in [9.17, 15) is 0 Å². The standard InChI is InChI=1S/C11H11IN4/c12-10-3-1-8(2-4-10)9-5-15-16(6-9)7-11(13)14/h1-6H,7H2,(H3,13,14). The number of hydrogen-bond acceptors (Lipinski definition) is 2. The Labute approximate surface area is 107 Å². The van der Waals surface area contributed by atoms with Crippen molar-refractivity contribution in [1.82, 2.24) is 9.78 Å². The first-order valence-corrected chi connectivity index (χ1v) is 5.84. The molecule has 2 rings (SSSR count). The van der Waals surface area contributed by atoms with E-state index in [1.54, 1.807) is 10.9 Å². The average Bonchev–Trinajstić information content (AvgIpc) is 2.66. The molecule has 0 saturated heterocycles. The van der Waals surface area contributed by atoms with E-state index in [0.717, 1.165) is 11.1 Å². The van der Waals surface area contributed by atoms with Crippen molar-refractivity contribution < 1.29 is 0 Å². The van der Waals surface area contributed by atoms with E-state index in [-0.39, 0.29) is 5.84 Å². The maximum atomic E-state index is 7.19. The molecule has 0 aliphatic carbocycles. The largest absolute Gasteiger partial charge is 0.386 e. The fraction of sp³-hybridized carbons (Fsp3) is 0.0909. The molecule has 0 saturated carbocycles. The lowest BCUT2D eigenvalue weighted by molar-refractivity contribution is 0.718. The Hall–Kier alpha value is -1.37. The summed E-state index contributed by atoms with van der Waals surface area (Å²) >= 11 is 2.27. The minimum atomic E-state index is 0.109. The minimum absolute atomic E-state index is 0.109. The predicted octanol–water partition coefficient (Wildman–Crippen LogP) is 2.09. The van der Waals surface area contributed by atoms with Crippen molar-refractivity contribution in [2.24, 2.45) is 5.73 Å². The molecule has 4 nitrogen and oxygen atoms in total. The topological polar surface area (TPSA) is 67.7 Å². The van der Waals surface area contributed by atoms with Gasteiger partial charge in [-0.15, -0.1) is 0 Å². The Morgan fingerprint density at radius 2 is 2.00 bits per heavy atom. The third kappa shape index (κ3) is 2.60. The molecule has 1 heterocycles. The van der Waals surface area contributed by atoms with E-state index in [1.165, 1.54) is 3.57 Å². The third-order valence-corrected chi connectivity index (χ3v) is 2.86. The summed E-state index contributed by atoms with van der Waals surface area (Å²) in [5.41, 5.74) is 7.47. The van der Waals surface area contributed by atoms with Crippen LogP contribution in [0.4, 0.5) is 0 Å². The van der Waals surface area contributed by atoms with Gasteiger partial charge in [-0.1, -0.05) is 12.1 Å². The average molecular weight is 326 g/mol. The Morgan fingerprint density at radius 3 is 2.62 bits per heavy atom. The van der Waals surface area contributed by atoms with Crippen LogP contribution < -0.4 is 5.73 Å². The lowest BCUT2D eigenvalue weighted by Crippen LogP contribution is -2.17. The van der Waals surface area contributed by atoms with Gasteiger partial charge >= 0.3 is 0 Å². The second-order valence-electron chi connectivity index (χ2n) is 3.46. The van der Waals surface area contributed by atoms with Gasteiger partial charge in [0.05, 0.1) is 12.7 Å². The van der Waals surface area contributed by atoms with Crippen molar-refractivity contribution in [2.45, 2.75) is 6.54 Å². The van der Waals surface area contributed by atoms with E-state index < -0.39 is 0 Å². The highest BCUT2D eigenvalue weighted by Crippen LogP contribution is 2.19. The number of nitrogens with two attached hydrogens (primary N) is 1. The van der Waals surface area contributed by atoms with Gasteiger partial charge in [-0.05, 0) is 40.3 Å². The molecule has 1 aromatic heterocycles. The summed E-state index contributed by atoms with van der Waals surface area (Å²) in [5.74, 6) is 0.109. The van der Waals surface area contributed by atoms with Gasteiger partial charge in [0, 0.05) is 15.3 Å². The lowest BCUT2D eigenvalue weighted by Gasteiger charge is -1.98. The molecule has 0 aliphatic rings. The molecule has 0 unspecified atom stereocenters. The van der Waals surface area contributed by atoms with E-state index >= 15 is 0 Å². The number of hydrogen-bond donors (Lipinski definition) is 2. The normalized spacial score (nSPS) is 10.3. The number of rotatable bonds is 3. The highest BCUT2D eigenvalue weighted by atomic mass is 127. The number of nitrogens with zero attached hydrogens (tertiary/aromatic N) is 2. The Bertz CT molecular complexity index is 501. The lowest BCUT2D eigenvalue weighted by atomic mass is 10.1. The molecule has 16 heavy (non-hydrogen) atoms. The van der Waals surface area contributed by atoms with Crippen LogP contribution in [0, 0.1) is 8.98 Å². The molecule has 0 fully saturated rings. The molecule has 1 aromatic carbocycles. The molecule has 3 N–H and O–H groups in total. The molecule has 0 bridgehead atoms.